The van der Waals surface area contributed by atoms with E-state index in [1.165, 1.54) is 4.90 Å². The minimum Gasteiger partial charge on any atom is -0.330 e. The fourth-order valence-corrected chi connectivity index (χ4v) is 4.88. The Bertz CT molecular complexity index is 904. The van der Waals surface area contributed by atoms with Crippen LogP contribution in [0.5, 0.6) is 0 Å². The van der Waals surface area contributed by atoms with Gasteiger partial charge in [0.2, 0.25) is 11.8 Å². The van der Waals surface area contributed by atoms with Crippen LogP contribution >= 0.6 is 0 Å². The van der Waals surface area contributed by atoms with E-state index in [2.05, 4.69) is 5.32 Å². The lowest BCUT2D eigenvalue weighted by atomic mass is 9.84. The van der Waals surface area contributed by atoms with Crippen LogP contribution in [-0.2, 0) is 22.7 Å². The summed E-state index contributed by atoms with van der Waals surface area (Å²) in [4.78, 5) is 39.9. The highest BCUT2D eigenvalue weighted by Crippen LogP contribution is 2.38. The third kappa shape index (κ3) is 4.31. The molecule has 2 saturated heterocycles. The van der Waals surface area contributed by atoms with Gasteiger partial charge in [-0.1, -0.05) is 12.1 Å². The Morgan fingerprint density at radius 1 is 1.16 bits per heavy atom. The first kappa shape index (κ1) is 21.8. The molecule has 7 nitrogen and oxygen atoms in total. The van der Waals surface area contributed by atoms with Crippen LogP contribution in [-0.4, -0.2) is 59.4 Å². The molecule has 31 heavy (non-hydrogen) atoms. The van der Waals surface area contributed by atoms with Gasteiger partial charge in [0.25, 0.3) is 5.91 Å². The minimum atomic E-state index is -4.24. The van der Waals surface area contributed by atoms with Gasteiger partial charge in [-0.15, -0.1) is 0 Å². The normalized spacial score (nSPS) is 27.4. The number of hydrogen-bond donors (Lipinski definition) is 2. The molecular formula is C21H25F3N4O3. The number of halogens is 3. The highest BCUT2D eigenvalue weighted by Gasteiger charge is 2.46. The molecule has 3 aliphatic heterocycles. The zero-order valence-electron chi connectivity index (χ0n) is 17.0. The number of amides is 3. The van der Waals surface area contributed by atoms with Gasteiger partial charge in [0.15, 0.2) is 0 Å². The summed E-state index contributed by atoms with van der Waals surface area (Å²) in [5, 5.41) is 2.27. The van der Waals surface area contributed by atoms with Gasteiger partial charge in [-0.05, 0) is 49.0 Å². The van der Waals surface area contributed by atoms with Crippen molar-refractivity contribution in [1.29, 1.82) is 0 Å². The van der Waals surface area contributed by atoms with Gasteiger partial charge in [-0.3, -0.25) is 24.6 Å². The standard InChI is InChI=1S/C21H25F3N4O3/c22-21(23,24)16-5-6-27(10-14(16)8-25)9-12-1-2-13-11-28(20(31)15(13)7-12)17-3-4-18(29)26-19(17)30/h1-2,7,14,16-17H,3-6,8-11,25H2,(H,26,29,30). The van der Waals surface area contributed by atoms with Gasteiger partial charge in [0, 0.05) is 31.6 Å². The van der Waals surface area contributed by atoms with Gasteiger partial charge in [0.05, 0.1) is 5.92 Å². The molecule has 168 valence electrons. The maximum absolute atomic E-state index is 13.2. The van der Waals surface area contributed by atoms with Crippen molar-refractivity contribution in [3.63, 3.8) is 0 Å². The Balaban J connectivity index is 1.44. The van der Waals surface area contributed by atoms with Gasteiger partial charge in [0.1, 0.15) is 6.04 Å². The van der Waals surface area contributed by atoms with Crippen molar-refractivity contribution in [3.8, 4) is 0 Å². The van der Waals surface area contributed by atoms with Gasteiger partial charge < -0.3 is 10.6 Å². The largest absolute Gasteiger partial charge is 0.392 e. The van der Waals surface area contributed by atoms with E-state index in [9.17, 15) is 27.6 Å². The number of alkyl halides is 3. The van der Waals surface area contributed by atoms with Crippen molar-refractivity contribution in [2.75, 3.05) is 19.6 Å². The van der Waals surface area contributed by atoms with E-state index in [0.717, 1.165) is 11.1 Å². The number of nitrogens with two attached hydrogens (primary N) is 1. The number of hydrogen-bond acceptors (Lipinski definition) is 5. The number of carbonyl (C=O) groups excluding carboxylic acids is 3. The number of imide groups is 1. The van der Waals surface area contributed by atoms with E-state index < -0.39 is 30.0 Å². The first-order valence-electron chi connectivity index (χ1n) is 10.4. The third-order valence-corrected chi connectivity index (χ3v) is 6.54. The molecule has 4 rings (SSSR count). The second-order valence-electron chi connectivity index (χ2n) is 8.56. The Morgan fingerprint density at radius 3 is 2.61 bits per heavy atom. The minimum absolute atomic E-state index is 0.0124. The van der Waals surface area contributed by atoms with E-state index in [4.69, 9.17) is 5.73 Å². The molecule has 0 spiro atoms. The number of nitrogens with zero attached hydrogens (tertiary/aromatic N) is 2. The van der Waals surface area contributed by atoms with Crippen LogP contribution in [0, 0.1) is 11.8 Å². The number of likely N-dealkylation sites (tertiary alicyclic amines) is 1. The van der Waals surface area contributed by atoms with Crippen LogP contribution in [0.25, 0.3) is 0 Å². The smallest absolute Gasteiger partial charge is 0.330 e. The molecule has 2 fully saturated rings. The van der Waals surface area contributed by atoms with Gasteiger partial charge in [-0.2, -0.15) is 13.2 Å². The van der Waals surface area contributed by atoms with E-state index in [0.29, 0.717) is 31.6 Å². The van der Waals surface area contributed by atoms with E-state index in [1.807, 2.05) is 17.0 Å². The summed E-state index contributed by atoms with van der Waals surface area (Å²) >= 11 is 0. The molecule has 3 unspecified atom stereocenters. The summed E-state index contributed by atoms with van der Waals surface area (Å²) < 4.78 is 39.6. The maximum Gasteiger partial charge on any atom is 0.392 e. The Hall–Kier alpha value is -2.46. The summed E-state index contributed by atoms with van der Waals surface area (Å²) in [6, 6.07) is 4.79. The lowest BCUT2D eigenvalue weighted by Gasteiger charge is -2.39. The van der Waals surface area contributed by atoms with Crippen LogP contribution in [0.1, 0.15) is 40.7 Å². The van der Waals surface area contributed by atoms with Gasteiger partial charge >= 0.3 is 6.18 Å². The molecule has 1 aromatic carbocycles. The monoisotopic (exact) mass is 438 g/mol. The average molecular weight is 438 g/mol. The molecular weight excluding hydrogens is 413 g/mol. The molecule has 3 atom stereocenters. The second-order valence-corrected chi connectivity index (χ2v) is 8.56. The Kier molecular flexibility index (Phi) is 5.78. The molecule has 3 heterocycles. The van der Waals surface area contributed by atoms with Crippen molar-refractivity contribution in [2.24, 2.45) is 17.6 Å². The van der Waals surface area contributed by atoms with Crippen LogP contribution in [0.3, 0.4) is 0 Å². The number of benzene rings is 1. The quantitative estimate of drug-likeness (QED) is 0.693. The van der Waals surface area contributed by atoms with Crippen molar-refractivity contribution < 1.29 is 27.6 Å². The van der Waals surface area contributed by atoms with Crippen LogP contribution < -0.4 is 11.1 Å². The van der Waals surface area contributed by atoms with Crippen molar-refractivity contribution >= 4 is 17.7 Å². The maximum atomic E-state index is 13.2. The molecule has 3 amide bonds. The molecule has 0 saturated carbocycles. The molecule has 3 N–H and O–H groups in total. The summed E-state index contributed by atoms with van der Waals surface area (Å²) in [5.74, 6) is -3.08. The molecule has 0 aliphatic carbocycles. The number of carbonyl (C=O) groups is 3. The zero-order valence-corrected chi connectivity index (χ0v) is 17.0. The molecule has 0 radical (unpaired) electrons. The zero-order chi connectivity index (χ0) is 22.3. The predicted molar refractivity (Wildman–Crippen MR) is 104 cm³/mol. The number of rotatable bonds is 4. The van der Waals surface area contributed by atoms with Gasteiger partial charge in [-0.25, -0.2) is 0 Å². The lowest BCUT2D eigenvalue weighted by molar-refractivity contribution is -0.199. The fraction of sp³-hybridized carbons (Fsp3) is 0.571. The number of fused-ring (bicyclic) bond motifs is 1. The molecule has 0 bridgehead atoms. The fourth-order valence-electron chi connectivity index (χ4n) is 4.88. The van der Waals surface area contributed by atoms with Crippen molar-refractivity contribution in [2.45, 2.75) is 44.6 Å². The average Bonchev–Trinajstić information content (AvgIpc) is 3.03. The van der Waals surface area contributed by atoms with E-state index in [1.54, 1.807) is 6.07 Å². The van der Waals surface area contributed by atoms with E-state index in [-0.39, 0.29) is 37.7 Å². The first-order chi connectivity index (χ1) is 14.7. The van der Waals surface area contributed by atoms with Crippen LogP contribution in [0.4, 0.5) is 13.2 Å². The lowest BCUT2D eigenvalue weighted by Crippen LogP contribution is -2.52. The number of nitrogens with one attached hydrogen (secondary N) is 1. The summed E-state index contributed by atoms with van der Waals surface area (Å²) in [6.45, 7) is 1.28. The topological polar surface area (TPSA) is 95.7 Å². The highest BCUT2D eigenvalue weighted by molar-refractivity contribution is 6.05. The highest BCUT2D eigenvalue weighted by atomic mass is 19.4. The molecule has 0 aromatic heterocycles. The van der Waals surface area contributed by atoms with Crippen molar-refractivity contribution in [3.05, 3.63) is 34.9 Å². The predicted octanol–water partition coefficient (Wildman–Crippen LogP) is 1.41. The van der Waals surface area contributed by atoms with Crippen molar-refractivity contribution in [1.82, 2.24) is 15.1 Å². The molecule has 1 aromatic rings. The second kappa shape index (κ2) is 8.23. The molecule has 3 aliphatic rings. The Labute approximate surface area is 177 Å². The SMILES string of the molecule is NCC1CN(Cc2ccc3c(c2)C(=O)N(C2CCC(=O)NC2=O)C3)CCC1C(F)(F)F. The molecule has 10 heteroatoms. The van der Waals surface area contributed by atoms with Crippen LogP contribution in [0.2, 0.25) is 0 Å². The van der Waals surface area contributed by atoms with E-state index >= 15 is 0 Å². The Morgan fingerprint density at radius 2 is 1.94 bits per heavy atom. The third-order valence-electron chi connectivity index (χ3n) is 6.54. The number of piperidine rings is 2. The van der Waals surface area contributed by atoms with Crippen LogP contribution in [0.15, 0.2) is 18.2 Å². The summed E-state index contributed by atoms with van der Waals surface area (Å²) in [5.41, 5.74) is 7.75. The first-order valence-corrected chi connectivity index (χ1v) is 10.4. The summed E-state index contributed by atoms with van der Waals surface area (Å²) in [6.07, 6.45) is -3.74. The summed E-state index contributed by atoms with van der Waals surface area (Å²) in [7, 11) is 0.